The third kappa shape index (κ3) is 7.90. The van der Waals surface area contributed by atoms with Crippen LogP contribution in [0.25, 0.3) is 0 Å². The van der Waals surface area contributed by atoms with E-state index in [-0.39, 0.29) is 42.6 Å². The van der Waals surface area contributed by atoms with E-state index in [0.717, 1.165) is 31.2 Å². The summed E-state index contributed by atoms with van der Waals surface area (Å²) in [4.78, 5) is 62.5. The van der Waals surface area contributed by atoms with Crippen molar-refractivity contribution in [1.82, 2.24) is 25.0 Å². The highest BCUT2D eigenvalue weighted by molar-refractivity contribution is 7.11. The van der Waals surface area contributed by atoms with Crippen LogP contribution < -0.4 is 11.1 Å². The van der Waals surface area contributed by atoms with E-state index in [1.165, 1.54) is 16.2 Å². The van der Waals surface area contributed by atoms with Crippen LogP contribution in [0.4, 0.5) is 0 Å². The van der Waals surface area contributed by atoms with Crippen molar-refractivity contribution in [1.29, 1.82) is 5.41 Å². The lowest BCUT2D eigenvalue weighted by Gasteiger charge is -2.40. The smallest absolute Gasteiger partial charge is 0.246 e. The van der Waals surface area contributed by atoms with Crippen molar-refractivity contribution in [3.8, 4) is 0 Å². The number of carbonyl (C=O) groups is 4. The molecule has 4 N–H and O–H groups in total. The summed E-state index contributed by atoms with van der Waals surface area (Å²) in [5.74, 6) is -1.22. The maximum absolute atomic E-state index is 13.5. The highest BCUT2D eigenvalue weighted by atomic mass is 32.1. The Morgan fingerprint density at radius 3 is 2.71 bits per heavy atom. The number of nitrogens with zero attached hydrogens (tertiary/aromatic N) is 4. The molecular formula is C29H39N7O4S. The first-order valence-electron chi connectivity index (χ1n) is 14.2. The molecule has 11 nitrogen and oxygen atoms in total. The van der Waals surface area contributed by atoms with Gasteiger partial charge in [-0.05, 0) is 37.2 Å². The third-order valence-electron chi connectivity index (χ3n) is 7.71. The van der Waals surface area contributed by atoms with Gasteiger partial charge in [-0.1, -0.05) is 43.7 Å². The van der Waals surface area contributed by atoms with Crippen LogP contribution in [0.1, 0.15) is 54.4 Å². The van der Waals surface area contributed by atoms with Gasteiger partial charge in [0, 0.05) is 37.6 Å². The molecule has 220 valence electrons. The predicted octanol–water partition coefficient (Wildman–Crippen LogP) is 1.89. The zero-order valence-electron chi connectivity index (χ0n) is 23.5. The second-order valence-corrected chi connectivity index (χ2v) is 11.6. The fraction of sp³-hybridized carbons (Fsp3) is 0.517. The topological polar surface area (TPSA) is 153 Å². The second kappa shape index (κ2) is 14.2. The summed E-state index contributed by atoms with van der Waals surface area (Å²) >= 11 is 1.21. The van der Waals surface area contributed by atoms with Crippen LogP contribution in [0.2, 0.25) is 0 Å². The van der Waals surface area contributed by atoms with Crippen molar-refractivity contribution >= 4 is 40.8 Å². The molecule has 3 heterocycles. The number of piperidine rings is 1. The molecule has 0 unspecified atom stereocenters. The molecule has 0 radical (unpaired) electrons. The summed E-state index contributed by atoms with van der Waals surface area (Å²) in [5, 5.41) is 12.7. The van der Waals surface area contributed by atoms with E-state index in [2.05, 4.69) is 10.3 Å². The van der Waals surface area contributed by atoms with Gasteiger partial charge in [0.05, 0.1) is 12.6 Å². The summed E-state index contributed by atoms with van der Waals surface area (Å²) in [6, 6.07) is 7.79. The number of nitrogens with one attached hydrogen (secondary N) is 2. The van der Waals surface area contributed by atoms with E-state index in [1.54, 1.807) is 21.4 Å². The Bertz CT molecular complexity index is 1220. The lowest BCUT2D eigenvalue weighted by Crippen LogP contribution is -2.62. The number of ketones is 1. The molecule has 41 heavy (non-hydrogen) atoms. The SMILES string of the molecule is CCCCN1CC(=O)N(CC(=O)N[C@@H](C[C@@H]2CCCN(C(=N)N)C2)C(=O)c2nccs2)[C@H](Cc2ccccc2)C1=O. The first kappa shape index (κ1) is 30.2. The molecule has 2 aliphatic heterocycles. The van der Waals surface area contributed by atoms with Gasteiger partial charge in [0.15, 0.2) is 11.0 Å². The van der Waals surface area contributed by atoms with Crippen LogP contribution in [0.5, 0.6) is 0 Å². The molecule has 2 aromatic rings. The molecule has 2 fully saturated rings. The van der Waals surface area contributed by atoms with Gasteiger partial charge in [0.25, 0.3) is 0 Å². The molecule has 0 aliphatic carbocycles. The molecule has 2 saturated heterocycles. The van der Waals surface area contributed by atoms with Crippen molar-refractivity contribution in [3.05, 3.63) is 52.5 Å². The van der Waals surface area contributed by atoms with E-state index in [9.17, 15) is 19.2 Å². The van der Waals surface area contributed by atoms with Gasteiger partial charge in [-0.2, -0.15) is 0 Å². The number of carbonyl (C=O) groups excluding carboxylic acids is 4. The van der Waals surface area contributed by atoms with Gasteiger partial charge in [-0.3, -0.25) is 24.6 Å². The second-order valence-electron chi connectivity index (χ2n) is 10.7. The highest BCUT2D eigenvalue weighted by Gasteiger charge is 2.40. The Morgan fingerprint density at radius 2 is 2.02 bits per heavy atom. The number of rotatable bonds is 12. The number of amides is 3. The number of benzene rings is 1. The van der Waals surface area contributed by atoms with Crippen molar-refractivity contribution in [3.63, 3.8) is 0 Å². The number of guanidine groups is 1. The molecule has 1 aromatic carbocycles. The maximum atomic E-state index is 13.5. The van der Waals surface area contributed by atoms with E-state index in [4.69, 9.17) is 11.1 Å². The summed E-state index contributed by atoms with van der Waals surface area (Å²) in [6.07, 6.45) is 5.56. The minimum Gasteiger partial charge on any atom is -0.370 e. The fourth-order valence-corrected chi connectivity index (χ4v) is 6.18. The Morgan fingerprint density at radius 1 is 1.24 bits per heavy atom. The van der Waals surface area contributed by atoms with Gasteiger partial charge in [-0.15, -0.1) is 11.3 Å². The van der Waals surface area contributed by atoms with Crippen LogP contribution >= 0.6 is 11.3 Å². The predicted molar refractivity (Wildman–Crippen MR) is 156 cm³/mol. The molecule has 12 heteroatoms. The number of thiazole rings is 1. The van der Waals surface area contributed by atoms with Crippen LogP contribution in [0.3, 0.4) is 0 Å². The van der Waals surface area contributed by atoms with Crippen LogP contribution in [0.15, 0.2) is 41.9 Å². The first-order valence-corrected chi connectivity index (χ1v) is 15.1. The molecule has 2 aliphatic rings. The summed E-state index contributed by atoms with van der Waals surface area (Å²) < 4.78 is 0. The average molecular weight is 582 g/mol. The molecule has 1 aromatic heterocycles. The van der Waals surface area contributed by atoms with Crippen molar-refractivity contribution in [2.24, 2.45) is 11.7 Å². The molecular weight excluding hydrogens is 542 g/mol. The number of nitrogens with two attached hydrogens (primary N) is 1. The maximum Gasteiger partial charge on any atom is 0.246 e. The minimum atomic E-state index is -0.852. The molecule has 3 amide bonds. The lowest BCUT2D eigenvalue weighted by molar-refractivity contribution is -0.157. The third-order valence-corrected chi connectivity index (χ3v) is 8.50. The average Bonchev–Trinajstić information content (AvgIpc) is 3.51. The Kier molecular flexibility index (Phi) is 10.4. The number of unbranched alkanes of at least 4 members (excludes halogenated alkanes) is 1. The minimum absolute atomic E-state index is 0.00717. The molecule has 0 bridgehead atoms. The van der Waals surface area contributed by atoms with Gasteiger partial charge < -0.3 is 25.8 Å². The largest absolute Gasteiger partial charge is 0.370 e. The van der Waals surface area contributed by atoms with Gasteiger partial charge in [-0.25, -0.2) is 4.98 Å². The number of Topliss-reactive ketones (excluding diaryl/α,β-unsaturated/α-hetero) is 1. The Balaban J connectivity index is 1.50. The van der Waals surface area contributed by atoms with Crippen LogP contribution in [0, 0.1) is 11.3 Å². The lowest BCUT2D eigenvalue weighted by atomic mass is 9.90. The van der Waals surface area contributed by atoms with Crippen molar-refractivity contribution in [2.45, 2.75) is 57.5 Å². The van der Waals surface area contributed by atoms with Gasteiger partial charge in [0.2, 0.25) is 23.5 Å². The van der Waals surface area contributed by atoms with E-state index < -0.39 is 18.0 Å². The monoisotopic (exact) mass is 581 g/mol. The van der Waals surface area contributed by atoms with Gasteiger partial charge >= 0.3 is 0 Å². The van der Waals surface area contributed by atoms with Crippen LogP contribution in [-0.2, 0) is 20.8 Å². The zero-order valence-corrected chi connectivity index (χ0v) is 24.3. The summed E-state index contributed by atoms with van der Waals surface area (Å²) in [6.45, 7) is 3.35. The Labute approximate surface area is 244 Å². The zero-order chi connectivity index (χ0) is 29.4. The molecule has 3 atom stereocenters. The van der Waals surface area contributed by atoms with Gasteiger partial charge in [0.1, 0.15) is 12.6 Å². The standard InChI is InChI=1S/C29H39N7O4S/c1-2-3-12-34-19-25(38)36(23(28(34)40)16-20-8-5-4-6-9-20)18-24(37)33-22(26(39)27-32-11-14-41-27)15-21-10-7-13-35(17-21)29(30)31/h4-6,8-9,11,14,21-23H,2-3,7,10,12-13,15-19H2,1H3,(H3,30,31)(H,33,37)/t21-,22-,23+/m0/s1. The van der Waals surface area contributed by atoms with Crippen molar-refractivity contribution < 1.29 is 19.2 Å². The number of aromatic nitrogens is 1. The number of likely N-dealkylation sites (tertiary alicyclic amines) is 1. The number of hydrogen-bond acceptors (Lipinski definition) is 7. The Hall–Kier alpha value is -3.80. The normalized spacial score (nSPS) is 20.2. The highest BCUT2D eigenvalue weighted by Crippen LogP contribution is 2.23. The van der Waals surface area contributed by atoms with Crippen molar-refractivity contribution in [2.75, 3.05) is 32.7 Å². The quantitative estimate of drug-likeness (QED) is 0.197. The molecule has 0 spiro atoms. The number of hydrogen-bond donors (Lipinski definition) is 3. The number of piperazine rings is 1. The first-order chi connectivity index (χ1) is 19.8. The summed E-state index contributed by atoms with van der Waals surface area (Å²) in [7, 11) is 0. The molecule has 0 saturated carbocycles. The van der Waals surface area contributed by atoms with E-state index in [1.807, 2.05) is 37.3 Å². The molecule has 4 rings (SSSR count). The van der Waals surface area contributed by atoms with E-state index >= 15 is 0 Å². The summed E-state index contributed by atoms with van der Waals surface area (Å²) in [5.41, 5.74) is 6.60. The van der Waals surface area contributed by atoms with E-state index in [0.29, 0.717) is 37.5 Å². The fourth-order valence-electron chi connectivity index (χ4n) is 5.55. The van der Waals surface area contributed by atoms with Crippen LogP contribution in [-0.4, -0.2) is 94.0 Å².